The van der Waals surface area contributed by atoms with Gasteiger partial charge in [0.05, 0.1) is 4.88 Å². The molecule has 0 unspecified atom stereocenters. The van der Waals surface area contributed by atoms with Gasteiger partial charge in [0, 0.05) is 24.5 Å². The summed E-state index contributed by atoms with van der Waals surface area (Å²) in [7, 11) is 1.88. The second-order valence-electron chi connectivity index (χ2n) is 3.62. The van der Waals surface area contributed by atoms with E-state index in [4.69, 9.17) is 5.73 Å². The van der Waals surface area contributed by atoms with E-state index in [1.807, 2.05) is 24.1 Å². The highest BCUT2D eigenvalue weighted by Crippen LogP contribution is 2.28. The van der Waals surface area contributed by atoms with Gasteiger partial charge in [0.15, 0.2) is 0 Å². The predicted octanol–water partition coefficient (Wildman–Crippen LogP) is 1.44. The molecular formula is C10H14N2OS. The molecule has 0 spiro atoms. The third kappa shape index (κ3) is 1.81. The molecule has 1 saturated carbocycles. The standard InChI is InChI=1S/C10H14N2OS/c1-12(7-2-3-7)10(13)9-5-4-8(6-11)14-9/h4-5,7H,2-3,6,11H2,1H3. The number of thiophene rings is 1. The topological polar surface area (TPSA) is 46.3 Å². The molecule has 2 N–H and O–H groups in total. The molecule has 2 rings (SSSR count). The van der Waals surface area contributed by atoms with Gasteiger partial charge in [-0.3, -0.25) is 4.79 Å². The highest BCUT2D eigenvalue weighted by atomic mass is 32.1. The van der Waals surface area contributed by atoms with Crippen LogP contribution in [0.2, 0.25) is 0 Å². The van der Waals surface area contributed by atoms with Gasteiger partial charge in [-0.15, -0.1) is 11.3 Å². The van der Waals surface area contributed by atoms with Crippen molar-refractivity contribution in [2.24, 2.45) is 5.73 Å². The summed E-state index contributed by atoms with van der Waals surface area (Å²) in [5.74, 6) is 0.136. The highest BCUT2D eigenvalue weighted by molar-refractivity contribution is 7.14. The first-order chi connectivity index (χ1) is 6.72. The second-order valence-corrected chi connectivity index (χ2v) is 4.79. The van der Waals surface area contributed by atoms with E-state index in [1.165, 1.54) is 11.3 Å². The molecule has 1 aliphatic carbocycles. The molecule has 76 valence electrons. The molecule has 14 heavy (non-hydrogen) atoms. The van der Waals surface area contributed by atoms with Crippen molar-refractivity contribution in [3.63, 3.8) is 0 Å². The van der Waals surface area contributed by atoms with Gasteiger partial charge in [0.2, 0.25) is 0 Å². The van der Waals surface area contributed by atoms with E-state index < -0.39 is 0 Å². The van der Waals surface area contributed by atoms with Crippen molar-refractivity contribution >= 4 is 17.2 Å². The van der Waals surface area contributed by atoms with Gasteiger partial charge >= 0.3 is 0 Å². The molecule has 0 radical (unpaired) electrons. The number of hydrogen-bond donors (Lipinski definition) is 1. The quantitative estimate of drug-likeness (QED) is 0.820. The predicted molar refractivity (Wildman–Crippen MR) is 57.3 cm³/mol. The van der Waals surface area contributed by atoms with Gasteiger partial charge in [0.1, 0.15) is 0 Å². The average molecular weight is 210 g/mol. The molecule has 0 atom stereocenters. The van der Waals surface area contributed by atoms with Crippen LogP contribution in [-0.2, 0) is 6.54 Å². The summed E-state index contributed by atoms with van der Waals surface area (Å²) in [4.78, 5) is 15.6. The van der Waals surface area contributed by atoms with Crippen LogP contribution in [0.25, 0.3) is 0 Å². The molecule has 1 aromatic rings. The summed E-state index contributed by atoms with van der Waals surface area (Å²) in [6.07, 6.45) is 2.30. The normalized spacial score (nSPS) is 15.6. The molecule has 0 aromatic carbocycles. The third-order valence-corrected chi connectivity index (χ3v) is 3.58. The van der Waals surface area contributed by atoms with Crippen molar-refractivity contribution in [2.45, 2.75) is 25.4 Å². The van der Waals surface area contributed by atoms with Gasteiger partial charge in [0.25, 0.3) is 5.91 Å². The van der Waals surface area contributed by atoms with Gasteiger partial charge in [-0.2, -0.15) is 0 Å². The Bertz CT molecular complexity index is 344. The van der Waals surface area contributed by atoms with Gasteiger partial charge in [-0.25, -0.2) is 0 Å². The van der Waals surface area contributed by atoms with Gasteiger partial charge in [-0.05, 0) is 25.0 Å². The molecule has 1 fully saturated rings. The van der Waals surface area contributed by atoms with E-state index in [2.05, 4.69) is 0 Å². The van der Waals surface area contributed by atoms with E-state index in [0.717, 1.165) is 22.6 Å². The molecular weight excluding hydrogens is 196 g/mol. The smallest absolute Gasteiger partial charge is 0.263 e. The molecule has 1 aliphatic rings. The van der Waals surface area contributed by atoms with E-state index in [9.17, 15) is 4.79 Å². The summed E-state index contributed by atoms with van der Waals surface area (Å²) in [6, 6.07) is 4.28. The zero-order chi connectivity index (χ0) is 10.1. The zero-order valence-corrected chi connectivity index (χ0v) is 9.01. The lowest BCUT2D eigenvalue weighted by atomic mass is 10.4. The minimum Gasteiger partial charge on any atom is -0.338 e. The Kier molecular flexibility index (Phi) is 2.56. The number of rotatable bonds is 3. The first-order valence-corrected chi connectivity index (χ1v) is 5.60. The minimum atomic E-state index is 0.136. The van der Waals surface area contributed by atoms with Crippen LogP contribution >= 0.6 is 11.3 Å². The lowest BCUT2D eigenvalue weighted by molar-refractivity contribution is 0.0790. The van der Waals surface area contributed by atoms with Crippen molar-refractivity contribution in [3.05, 3.63) is 21.9 Å². The Morgan fingerprint density at radius 2 is 2.36 bits per heavy atom. The number of carbonyl (C=O) groups excluding carboxylic acids is 1. The molecule has 1 amide bonds. The van der Waals surface area contributed by atoms with Gasteiger partial charge < -0.3 is 10.6 Å². The molecule has 0 bridgehead atoms. The summed E-state index contributed by atoms with van der Waals surface area (Å²) < 4.78 is 0. The van der Waals surface area contributed by atoms with Crippen LogP contribution in [0, 0.1) is 0 Å². The van der Waals surface area contributed by atoms with Crippen molar-refractivity contribution in [3.8, 4) is 0 Å². The van der Waals surface area contributed by atoms with Crippen LogP contribution in [0.15, 0.2) is 12.1 Å². The monoisotopic (exact) mass is 210 g/mol. The van der Waals surface area contributed by atoms with Crippen LogP contribution in [-0.4, -0.2) is 23.9 Å². The number of hydrogen-bond acceptors (Lipinski definition) is 3. The lowest BCUT2D eigenvalue weighted by Gasteiger charge is -2.14. The van der Waals surface area contributed by atoms with Crippen LogP contribution < -0.4 is 5.73 Å². The number of carbonyl (C=O) groups is 1. The van der Waals surface area contributed by atoms with E-state index >= 15 is 0 Å². The fourth-order valence-electron chi connectivity index (χ4n) is 1.40. The molecule has 0 saturated heterocycles. The van der Waals surface area contributed by atoms with E-state index in [0.29, 0.717) is 12.6 Å². The van der Waals surface area contributed by atoms with Crippen molar-refractivity contribution in [1.82, 2.24) is 4.90 Å². The molecule has 1 heterocycles. The van der Waals surface area contributed by atoms with Crippen molar-refractivity contribution < 1.29 is 4.79 Å². The number of nitrogens with two attached hydrogens (primary N) is 1. The third-order valence-electron chi connectivity index (χ3n) is 2.49. The zero-order valence-electron chi connectivity index (χ0n) is 8.19. The Labute approximate surface area is 87.5 Å². The highest BCUT2D eigenvalue weighted by Gasteiger charge is 2.30. The first kappa shape index (κ1) is 9.68. The van der Waals surface area contributed by atoms with Crippen molar-refractivity contribution in [1.29, 1.82) is 0 Å². The molecule has 3 nitrogen and oxygen atoms in total. The SMILES string of the molecule is CN(C(=O)c1ccc(CN)s1)C1CC1. The van der Waals surface area contributed by atoms with Crippen LogP contribution in [0.1, 0.15) is 27.4 Å². The summed E-state index contributed by atoms with van der Waals surface area (Å²) in [5.41, 5.74) is 5.50. The fraction of sp³-hybridized carbons (Fsp3) is 0.500. The van der Waals surface area contributed by atoms with E-state index in [1.54, 1.807) is 0 Å². The molecule has 1 aromatic heterocycles. The average Bonchev–Trinajstić information content (AvgIpc) is 2.94. The fourth-order valence-corrected chi connectivity index (χ4v) is 2.27. The number of nitrogens with zero attached hydrogens (tertiary/aromatic N) is 1. The summed E-state index contributed by atoms with van der Waals surface area (Å²) in [6.45, 7) is 0.519. The maximum Gasteiger partial charge on any atom is 0.263 e. The van der Waals surface area contributed by atoms with E-state index in [-0.39, 0.29) is 5.91 Å². The Hall–Kier alpha value is -0.870. The Morgan fingerprint density at radius 3 is 2.86 bits per heavy atom. The first-order valence-electron chi connectivity index (χ1n) is 4.78. The maximum atomic E-state index is 11.9. The van der Waals surface area contributed by atoms with Gasteiger partial charge in [-0.1, -0.05) is 0 Å². The Morgan fingerprint density at radius 1 is 1.64 bits per heavy atom. The lowest BCUT2D eigenvalue weighted by Crippen LogP contribution is -2.27. The Balaban J connectivity index is 2.09. The second kappa shape index (κ2) is 3.71. The summed E-state index contributed by atoms with van der Waals surface area (Å²) in [5, 5.41) is 0. The maximum absolute atomic E-state index is 11.9. The van der Waals surface area contributed by atoms with Crippen molar-refractivity contribution in [2.75, 3.05) is 7.05 Å². The van der Waals surface area contributed by atoms with Crippen LogP contribution in [0.4, 0.5) is 0 Å². The minimum absolute atomic E-state index is 0.136. The molecule has 0 aliphatic heterocycles. The number of amides is 1. The largest absolute Gasteiger partial charge is 0.338 e. The molecule has 4 heteroatoms. The summed E-state index contributed by atoms with van der Waals surface area (Å²) >= 11 is 1.50. The van der Waals surface area contributed by atoms with Crippen LogP contribution in [0.5, 0.6) is 0 Å². The van der Waals surface area contributed by atoms with Crippen LogP contribution in [0.3, 0.4) is 0 Å².